The van der Waals surface area contributed by atoms with Crippen LogP contribution in [0.2, 0.25) is 0 Å². The van der Waals surface area contributed by atoms with Gasteiger partial charge < -0.3 is 16.0 Å². The van der Waals surface area contributed by atoms with E-state index in [1.807, 2.05) is 62.6 Å². The van der Waals surface area contributed by atoms with E-state index in [2.05, 4.69) is 22.3 Å². The number of likely N-dealkylation sites (N-methyl/N-ethyl adjacent to an activating group) is 1. The summed E-state index contributed by atoms with van der Waals surface area (Å²) in [7, 11) is 4.03. The zero-order chi connectivity index (χ0) is 16.7. The molecule has 3 N–H and O–H groups in total. The lowest BCUT2D eigenvalue weighted by molar-refractivity contribution is -0.121. The first-order valence-corrected chi connectivity index (χ1v) is 7.86. The van der Waals surface area contributed by atoms with Crippen molar-refractivity contribution in [3.63, 3.8) is 0 Å². The first kappa shape index (κ1) is 23.4. The van der Waals surface area contributed by atoms with Crippen LogP contribution in [-0.4, -0.2) is 31.4 Å². The molecule has 2 atom stereocenters. The maximum Gasteiger partial charge on any atom is 0.221 e. The zero-order valence-electron chi connectivity index (χ0n) is 14.6. The van der Waals surface area contributed by atoms with Gasteiger partial charge in [-0.15, -0.1) is 24.8 Å². The van der Waals surface area contributed by atoms with Crippen molar-refractivity contribution in [1.82, 2.24) is 10.2 Å². The average Bonchev–Trinajstić information content (AvgIpc) is 2.56. The summed E-state index contributed by atoms with van der Waals surface area (Å²) in [6.45, 7) is 0.567. The zero-order valence-corrected chi connectivity index (χ0v) is 16.2. The van der Waals surface area contributed by atoms with E-state index < -0.39 is 0 Å². The number of carbonyl (C=O) groups is 1. The second-order valence-electron chi connectivity index (χ2n) is 5.92. The van der Waals surface area contributed by atoms with Gasteiger partial charge in [0.15, 0.2) is 0 Å². The van der Waals surface area contributed by atoms with Gasteiger partial charge in [-0.3, -0.25) is 4.79 Å². The van der Waals surface area contributed by atoms with Crippen molar-refractivity contribution in [1.29, 1.82) is 0 Å². The Balaban J connectivity index is 0.00000288. The SMILES string of the molecule is CN(C)C(CNC(=O)CC(N)c1ccccc1)c1ccccc1.Cl.Cl. The maximum atomic E-state index is 12.2. The third kappa shape index (κ3) is 7.45. The summed E-state index contributed by atoms with van der Waals surface area (Å²) in [5, 5.41) is 3.00. The van der Waals surface area contributed by atoms with Gasteiger partial charge in [-0.2, -0.15) is 0 Å². The first-order valence-electron chi connectivity index (χ1n) is 7.86. The third-order valence-electron chi connectivity index (χ3n) is 3.93. The highest BCUT2D eigenvalue weighted by molar-refractivity contribution is 5.85. The van der Waals surface area contributed by atoms with Crippen LogP contribution in [0, 0.1) is 0 Å². The van der Waals surface area contributed by atoms with E-state index in [0.29, 0.717) is 13.0 Å². The molecule has 2 rings (SSSR count). The van der Waals surface area contributed by atoms with E-state index in [1.54, 1.807) is 0 Å². The Kier molecular flexibility index (Phi) is 11.1. The Morgan fingerprint density at radius 3 is 1.92 bits per heavy atom. The number of nitrogens with two attached hydrogens (primary N) is 1. The minimum absolute atomic E-state index is 0. The summed E-state index contributed by atoms with van der Waals surface area (Å²) in [5.74, 6) is -0.0239. The van der Waals surface area contributed by atoms with Crippen LogP contribution in [0.1, 0.15) is 29.6 Å². The molecule has 0 aromatic heterocycles. The molecule has 0 radical (unpaired) electrons. The minimum atomic E-state index is -0.272. The van der Waals surface area contributed by atoms with Crippen LogP contribution in [0.4, 0.5) is 0 Å². The molecule has 2 unspecified atom stereocenters. The Bertz CT molecular complexity index is 609. The number of benzene rings is 2. The molecule has 2 aromatic rings. The van der Waals surface area contributed by atoms with Gasteiger partial charge in [0.05, 0.1) is 6.04 Å². The van der Waals surface area contributed by atoms with E-state index in [9.17, 15) is 4.79 Å². The molecular weight excluding hydrogens is 357 g/mol. The number of rotatable bonds is 7. The first-order chi connectivity index (χ1) is 11.1. The molecule has 0 aliphatic heterocycles. The van der Waals surface area contributed by atoms with Crippen molar-refractivity contribution >= 4 is 30.7 Å². The van der Waals surface area contributed by atoms with Gasteiger partial charge in [0.1, 0.15) is 0 Å². The van der Waals surface area contributed by atoms with Crippen LogP contribution < -0.4 is 11.1 Å². The molecule has 0 heterocycles. The fourth-order valence-electron chi connectivity index (χ4n) is 2.57. The smallest absolute Gasteiger partial charge is 0.221 e. The van der Waals surface area contributed by atoms with Gasteiger partial charge in [0.2, 0.25) is 5.91 Å². The van der Waals surface area contributed by atoms with E-state index in [4.69, 9.17) is 5.73 Å². The van der Waals surface area contributed by atoms with E-state index >= 15 is 0 Å². The molecule has 0 fully saturated rings. The summed E-state index contributed by atoms with van der Waals surface area (Å²) in [5.41, 5.74) is 8.27. The molecule has 0 bridgehead atoms. The van der Waals surface area contributed by atoms with Crippen LogP contribution in [0.5, 0.6) is 0 Å². The normalized spacial score (nSPS) is 12.5. The Morgan fingerprint density at radius 1 is 0.960 bits per heavy atom. The Labute approximate surface area is 162 Å². The van der Waals surface area contributed by atoms with Gasteiger partial charge >= 0.3 is 0 Å². The Morgan fingerprint density at radius 2 is 1.44 bits per heavy atom. The minimum Gasteiger partial charge on any atom is -0.354 e. The molecule has 0 spiro atoms. The number of hydrogen-bond donors (Lipinski definition) is 2. The van der Waals surface area contributed by atoms with Gasteiger partial charge in [0.25, 0.3) is 0 Å². The number of carbonyl (C=O) groups excluding carboxylic acids is 1. The van der Waals surface area contributed by atoms with E-state index in [0.717, 1.165) is 5.56 Å². The summed E-state index contributed by atoms with van der Waals surface area (Å²) in [6, 6.07) is 19.8. The van der Waals surface area contributed by atoms with Crippen molar-refractivity contribution in [3.05, 3.63) is 71.8 Å². The van der Waals surface area contributed by atoms with Crippen molar-refractivity contribution in [2.75, 3.05) is 20.6 Å². The largest absolute Gasteiger partial charge is 0.354 e. The van der Waals surface area contributed by atoms with E-state index in [-0.39, 0.29) is 42.8 Å². The van der Waals surface area contributed by atoms with Crippen LogP contribution in [0.25, 0.3) is 0 Å². The van der Waals surface area contributed by atoms with Crippen molar-refractivity contribution in [3.8, 4) is 0 Å². The summed E-state index contributed by atoms with van der Waals surface area (Å²) in [6.07, 6.45) is 0.291. The highest BCUT2D eigenvalue weighted by atomic mass is 35.5. The summed E-state index contributed by atoms with van der Waals surface area (Å²) < 4.78 is 0. The second-order valence-corrected chi connectivity index (χ2v) is 5.92. The molecule has 6 heteroatoms. The number of amides is 1. The van der Waals surface area contributed by atoms with Crippen LogP contribution in [0.15, 0.2) is 60.7 Å². The van der Waals surface area contributed by atoms with Crippen LogP contribution in [0.3, 0.4) is 0 Å². The average molecular weight is 384 g/mol. The van der Waals surface area contributed by atoms with Gasteiger partial charge in [0, 0.05) is 19.0 Å². The predicted octanol–water partition coefficient (Wildman–Crippen LogP) is 3.34. The molecule has 25 heavy (non-hydrogen) atoms. The van der Waals surface area contributed by atoms with Crippen molar-refractivity contribution in [2.24, 2.45) is 5.73 Å². The predicted molar refractivity (Wildman–Crippen MR) is 108 cm³/mol. The molecular formula is C19H27Cl2N3O. The lowest BCUT2D eigenvalue weighted by Crippen LogP contribution is -2.35. The fourth-order valence-corrected chi connectivity index (χ4v) is 2.57. The molecule has 138 valence electrons. The second kappa shape index (κ2) is 11.9. The number of hydrogen-bond acceptors (Lipinski definition) is 3. The molecule has 1 amide bonds. The van der Waals surface area contributed by atoms with Gasteiger partial charge in [-0.25, -0.2) is 0 Å². The number of nitrogens with one attached hydrogen (secondary N) is 1. The lowest BCUT2D eigenvalue weighted by Gasteiger charge is -2.25. The molecule has 2 aromatic carbocycles. The van der Waals surface area contributed by atoms with Crippen molar-refractivity contribution in [2.45, 2.75) is 18.5 Å². The van der Waals surface area contributed by atoms with Gasteiger partial charge in [-0.1, -0.05) is 60.7 Å². The molecule has 0 saturated heterocycles. The quantitative estimate of drug-likeness (QED) is 0.770. The Hall–Kier alpha value is -1.59. The topological polar surface area (TPSA) is 58.4 Å². The summed E-state index contributed by atoms with van der Waals surface area (Å²) in [4.78, 5) is 14.3. The van der Waals surface area contributed by atoms with Crippen molar-refractivity contribution < 1.29 is 4.79 Å². The number of halogens is 2. The molecule has 4 nitrogen and oxygen atoms in total. The standard InChI is InChI=1S/C19H25N3O.2ClH/c1-22(2)18(16-11-7-4-8-12-16)14-21-19(23)13-17(20)15-9-5-3-6-10-15;;/h3-12,17-18H,13-14,20H2,1-2H3,(H,21,23);2*1H. The van der Waals surface area contributed by atoms with E-state index in [1.165, 1.54) is 5.56 Å². The molecule has 0 aliphatic carbocycles. The lowest BCUT2D eigenvalue weighted by atomic mass is 10.0. The monoisotopic (exact) mass is 383 g/mol. The number of nitrogens with zero attached hydrogens (tertiary/aromatic N) is 1. The summed E-state index contributed by atoms with van der Waals surface area (Å²) >= 11 is 0. The fraction of sp³-hybridized carbons (Fsp3) is 0.316. The van der Waals surface area contributed by atoms with Crippen LogP contribution >= 0.6 is 24.8 Å². The van der Waals surface area contributed by atoms with Crippen LogP contribution in [-0.2, 0) is 4.79 Å². The highest BCUT2D eigenvalue weighted by Crippen LogP contribution is 2.17. The van der Waals surface area contributed by atoms with Gasteiger partial charge in [-0.05, 0) is 25.2 Å². The maximum absolute atomic E-state index is 12.2. The molecule has 0 saturated carbocycles. The third-order valence-corrected chi connectivity index (χ3v) is 3.93. The molecule has 0 aliphatic rings. The highest BCUT2D eigenvalue weighted by Gasteiger charge is 2.16.